The topological polar surface area (TPSA) is 293 Å². The minimum atomic E-state index is -0.603. The molecule has 3 fully saturated rings. The van der Waals surface area contributed by atoms with Crippen molar-refractivity contribution < 1.29 is 60.2 Å². The molecule has 0 radical (unpaired) electrons. The lowest BCUT2D eigenvalue weighted by Crippen LogP contribution is -2.54. The van der Waals surface area contributed by atoms with E-state index in [9.17, 15) is 33.6 Å². The van der Waals surface area contributed by atoms with Gasteiger partial charge in [0.15, 0.2) is 0 Å². The van der Waals surface area contributed by atoms with E-state index in [0.717, 1.165) is 44.1 Å². The number of rotatable bonds is 26. The summed E-state index contributed by atoms with van der Waals surface area (Å²) in [5, 5.41) is 18.4. The zero-order valence-electron chi connectivity index (χ0n) is 39.6. The second-order valence-electron chi connectivity index (χ2n) is 18.6. The van der Waals surface area contributed by atoms with Gasteiger partial charge in [0.2, 0.25) is 29.5 Å². The number of esters is 1. The third kappa shape index (κ3) is 18.8. The fraction of sp³-hybridized carbons (Fsp3) is 0.729. The second-order valence-corrected chi connectivity index (χ2v) is 18.6. The summed E-state index contributed by atoms with van der Waals surface area (Å²) < 4.78 is 10.4. The number of ether oxygens (including phenoxy) is 2. The Bertz CT molecular complexity index is 1690. The molecule has 3 aliphatic rings. The normalized spacial score (nSPS) is 23.2. The van der Waals surface area contributed by atoms with Crippen molar-refractivity contribution in [2.24, 2.45) is 17.8 Å². The molecule has 370 valence electrons. The number of nitrogens with one attached hydrogen (secondary N) is 6. The maximum Gasteiger partial charge on any atom is 0.407 e. The van der Waals surface area contributed by atoms with Crippen LogP contribution in [0, 0.1) is 17.8 Å². The van der Waals surface area contributed by atoms with Crippen LogP contribution in [0.2, 0.25) is 0 Å². The van der Waals surface area contributed by atoms with Gasteiger partial charge in [0, 0.05) is 55.5 Å². The monoisotopic (exact) mass is 929 g/mol. The number of benzene rings is 1. The molecule has 0 spiro atoms. The fourth-order valence-corrected chi connectivity index (χ4v) is 9.84. The number of methoxy groups -OCH3 is 1. The Morgan fingerprint density at radius 1 is 0.545 bits per heavy atom. The van der Waals surface area contributed by atoms with Crippen molar-refractivity contribution >= 4 is 41.6 Å². The van der Waals surface area contributed by atoms with Gasteiger partial charge in [-0.2, -0.15) is 0 Å². The molecule has 18 nitrogen and oxygen atoms in total. The molecule has 0 aromatic heterocycles. The van der Waals surface area contributed by atoms with E-state index in [-0.39, 0.29) is 73.3 Å². The highest BCUT2D eigenvalue weighted by molar-refractivity contribution is 5.85. The lowest BCUT2D eigenvalue weighted by Gasteiger charge is -2.34. The molecule has 15 N–H and O–H groups in total. The molecule has 1 aromatic carbocycles. The standard InChI is InChI=1S/C48H79N9O9/c1-65-47(63)38-21-7-10-24-41(38)57-43(59)29-34(17-12-26-50)53-45(61)36-19-5-8-22-39(36)55-42(58)28-33(16-11-25-49)52-46(62)37-20-6-9-23-40(37)56-44(60)30-35(18-13-27-51)54-48(64)66-31-32-14-3-2-4-15-32/h2-4,14-15,33-41H,5-13,16-31,49-51H2,1H3,(H,52,62)(H,53,61)(H,54,64)(H,55,58)(H,56,60)(H,57,59)/p+3/t33-,34-,35-,36?,37?,38?,39?,40?,41?/m1/s1. The zero-order chi connectivity index (χ0) is 47.7. The summed E-state index contributed by atoms with van der Waals surface area (Å²) in [6.07, 6.45) is 12.3. The highest BCUT2D eigenvalue weighted by Gasteiger charge is 2.37. The van der Waals surface area contributed by atoms with E-state index < -0.39 is 48.1 Å². The van der Waals surface area contributed by atoms with Crippen molar-refractivity contribution in [1.29, 1.82) is 0 Å². The molecule has 0 bridgehead atoms. The summed E-state index contributed by atoms with van der Waals surface area (Å²) in [6.45, 7) is 2.04. The van der Waals surface area contributed by atoms with Gasteiger partial charge < -0.3 is 58.6 Å². The van der Waals surface area contributed by atoms with Gasteiger partial charge in [-0.05, 0) is 82.6 Å². The van der Waals surface area contributed by atoms with Crippen LogP contribution in [0.25, 0.3) is 0 Å². The summed E-state index contributed by atoms with van der Waals surface area (Å²) in [4.78, 5) is 93.6. The molecule has 0 aliphatic heterocycles. The summed E-state index contributed by atoms with van der Waals surface area (Å²) in [6, 6.07) is 6.87. The van der Waals surface area contributed by atoms with Gasteiger partial charge in [-0.1, -0.05) is 68.9 Å². The van der Waals surface area contributed by atoms with E-state index in [0.29, 0.717) is 96.7 Å². The van der Waals surface area contributed by atoms with E-state index in [2.05, 4.69) is 49.1 Å². The molecule has 6 amide bonds. The van der Waals surface area contributed by atoms with Gasteiger partial charge in [0.25, 0.3) is 0 Å². The molecule has 1 aromatic rings. The fourth-order valence-electron chi connectivity index (χ4n) is 9.84. The van der Waals surface area contributed by atoms with Gasteiger partial charge in [-0.15, -0.1) is 0 Å². The lowest BCUT2D eigenvalue weighted by molar-refractivity contribution is -0.369. The summed E-state index contributed by atoms with van der Waals surface area (Å²) in [7, 11) is 1.36. The average Bonchev–Trinajstić information content (AvgIpc) is 3.31. The molecule has 4 rings (SSSR count). The van der Waals surface area contributed by atoms with Gasteiger partial charge in [-0.25, -0.2) is 4.79 Å². The Morgan fingerprint density at radius 3 is 1.33 bits per heavy atom. The van der Waals surface area contributed by atoms with Crippen LogP contribution in [-0.4, -0.2) is 105 Å². The van der Waals surface area contributed by atoms with Crippen molar-refractivity contribution in [3.05, 3.63) is 35.9 Å². The average molecular weight is 929 g/mol. The molecular weight excluding hydrogens is 847 g/mol. The number of hydrogen-bond acceptors (Lipinski definition) is 9. The molecular formula is C48H82N9O9+3. The number of carbonyl (C=O) groups excluding carboxylic acids is 7. The summed E-state index contributed by atoms with van der Waals surface area (Å²) in [5.41, 5.74) is 12.7. The van der Waals surface area contributed by atoms with Crippen LogP contribution in [0.15, 0.2) is 30.3 Å². The van der Waals surface area contributed by atoms with Crippen LogP contribution >= 0.6 is 0 Å². The van der Waals surface area contributed by atoms with Gasteiger partial charge in [-0.3, -0.25) is 28.8 Å². The number of amides is 6. The van der Waals surface area contributed by atoms with Crippen LogP contribution in [0.5, 0.6) is 0 Å². The molecule has 6 unspecified atom stereocenters. The van der Waals surface area contributed by atoms with Crippen LogP contribution in [-0.2, 0) is 44.8 Å². The number of quaternary nitrogens is 3. The molecule has 66 heavy (non-hydrogen) atoms. The smallest absolute Gasteiger partial charge is 0.407 e. The highest BCUT2D eigenvalue weighted by atomic mass is 16.5. The SMILES string of the molecule is COC(=O)C1CCCCC1NC(=O)C[C@@H](CCC[NH3+])NC(=O)C1CCCCC1NC(=O)C[C@@H](CCC[NH3+])NC(=O)C1CCCCC1NC(=O)C[C@@H](CCC[NH3+])NC(=O)OCc1ccccc1. The minimum Gasteiger partial charge on any atom is -0.469 e. The highest BCUT2D eigenvalue weighted by Crippen LogP contribution is 2.28. The first-order chi connectivity index (χ1) is 31.9. The van der Waals surface area contributed by atoms with Crippen LogP contribution < -0.4 is 49.1 Å². The van der Waals surface area contributed by atoms with Crippen LogP contribution in [0.1, 0.15) is 140 Å². The molecule has 9 atom stereocenters. The summed E-state index contributed by atoms with van der Waals surface area (Å²) >= 11 is 0. The first-order valence-electron chi connectivity index (χ1n) is 24.9. The van der Waals surface area contributed by atoms with Gasteiger partial charge in [0.1, 0.15) is 6.61 Å². The largest absolute Gasteiger partial charge is 0.469 e. The minimum absolute atomic E-state index is 0.0281. The summed E-state index contributed by atoms with van der Waals surface area (Å²) in [5.74, 6) is -2.84. The van der Waals surface area contributed by atoms with E-state index in [1.165, 1.54) is 7.11 Å². The first kappa shape index (κ1) is 53.8. The molecule has 3 saturated carbocycles. The molecule has 0 saturated heterocycles. The Kier molecular flexibility index (Phi) is 24.3. The van der Waals surface area contributed by atoms with Crippen molar-refractivity contribution in [1.82, 2.24) is 31.9 Å². The maximum absolute atomic E-state index is 14.0. The Hall–Kier alpha value is -4.81. The molecule has 18 heteroatoms. The predicted octanol–water partition coefficient (Wildman–Crippen LogP) is 0.686. The Morgan fingerprint density at radius 2 is 0.924 bits per heavy atom. The third-order valence-corrected chi connectivity index (χ3v) is 13.4. The van der Waals surface area contributed by atoms with Gasteiger partial charge >= 0.3 is 12.1 Å². The van der Waals surface area contributed by atoms with Crippen molar-refractivity contribution in [2.75, 3.05) is 26.7 Å². The second kappa shape index (κ2) is 29.8. The van der Waals surface area contributed by atoms with Crippen LogP contribution in [0.4, 0.5) is 4.79 Å². The number of alkyl carbamates (subject to hydrolysis) is 1. The predicted molar refractivity (Wildman–Crippen MR) is 246 cm³/mol. The maximum atomic E-state index is 14.0. The first-order valence-corrected chi connectivity index (χ1v) is 24.9. The number of hydrogen-bond donors (Lipinski definition) is 9. The van der Waals surface area contributed by atoms with E-state index in [4.69, 9.17) is 9.47 Å². The van der Waals surface area contributed by atoms with E-state index >= 15 is 0 Å². The van der Waals surface area contributed by atoms with Crippen LogP contribution in [0.3, 0.4) is 0 Å². The molecule has 3 aliphatic carbocycles. The third-order valence-electron chi connectivity index (χ3n) is 13.4. The van der Waals surface area contributed by atoms with E-state index in [1.54, 1.807) is 0 Å². The zero-order valence-corrected chi connectivity index (χ0v) is 39.6. The van der Waals surface area contributed by atoms with Crippen molar-refractivity contribution in [3.8, 4) is 0 Å². The molecule has 0 heterocycles. The Balaban J connectivity index is 1.32. The van der Waals surface area contributed by atoms with E-state index in [1.807, 2.05) is 30.3 Å². The lowest BCUT2D eigenvalue weighted by atomic mass is 9.83. The van der Waals surface area contributed by atoms with Gasteiger partial charge in [0.05, 0.1) is 44.5 Å². The van der Waals surface area contributed by atoms with Crippen molar-refractivity contribution in [3.63, 3.8) is 0 Å². The Labute approximate surface area is 390 Å². The number of carbonyl (C=O) groups is 7. The van der Waals surface area contributed by atoms with Crippen molar-refractivity contribution in [2.45, 2.75) is 178 Å². The quantitative estimate of drug-likeness (QED) is 0.0590.